The van der Waals surface area contributed by atoms with Crippen LogP contribution in [0, 0.1) is 5.41 Å². The summed E-state index contributed by atoms with van der Waals surface area (Å²) in [5.74, 6) is 0.0467. The molecule has 0 spiro atoms. The van der Waals surface area contributed by atoms with Crippen molar-refractivity contribution >= 4 is 23.4 Å². The summed E-state index contributed by atoms with van der Waals surface area (Å²) in [4.78, 5) is 27.6. The van der Waals surface area contributed by atoms with Crippen molar-refractivity contribution in [2.75, 3.05) is 13.1 Å². The van der Waals surface area contributed by atoms with E-state index in [1.807, 2.05) is 26.0 Å². The highest BCUT2D eigenvalue weighted by atomic mass is 35.5. The molecule has 2 atom stereocenters. The monoisotopic (exact) mass is 496 g/mol. The van der Waals surface area contributed by atoms with Gasteiger partial charge in [0.25, 0.3) is 5.91 Å². The number of carbonyl (C=O) groups excluding carboxylic acids is 2. The second-order valence-electron chi connectivity index (χ2n) is 9.71. The number of hydrogen-bond acceptors (Lipinski definition) is 6. The normalized spacial score (nSPS) is 20.3. The van der Waals surface area contributed by atoms with Gasteiger partial charge < -0.3 is 15.3 Å². The average Bonchev–Trinajstić information content (AvgIpc) is 3.36. The lowest BCUT2D eigenvalue weighted by Gasteiger charge is -2.50. The number of halogens is 1. The van der Waals surface area contributed by atoms with Gasteiger partial charge in [-0.15, -0.1) is 10.2 Å². The maximum atomic E-state index is 13.1. The maximum absolute atomic E-state index is 13.1. The summed E-state index contributed by atoms with van der Waals surface area (Å²) in [7, 11) is 0. The lowest BCUT2D eigenvalue weighted by molar-refractivity contribution is -0.153. The van der Waals surface area contributed by atoms with Crippen molar-refractivity contribution in [3.63, 3.8) is 0 Å². The summed E-state index contributed by atoms with van der Waals surface area (Å²) >= 11 is 6.01. The van der Waals surface area contributed by atoms with Crippen molar-refractivity contribution in [1.29, 1.82) is 0 Å². The number of benzene rings is 2. The Morgan fingerprint density at radius 3 is 2.63 bits per heavy atom. The van der Waals surface area contributed by atoms with Gasteiger partial charge >= 0.3 is 0 Å². The van der Waals surface area contributed by atoms with E-state index < -0.39 is 11.0 Å². The minimum Gasteiger partial charge on any atom is -0.384 e. The van der Waals surface area contributed by atoms with Gasteiger partial charge in [-0.05, 0) is 48.4 Å². The quantitative estimate of drug-likeness (QED) is 0.481. The van der Waals surface area contributed by atoms with Crippen LogP contribution < -0.4 is 5.32 Å². The number of nitrogens with one attached hydrogen (secondary N) is 2. The van der Waals surface area contributed by atoms with E-state index in [9.17, 15) is 14.7 Å². The molecule has 2 heterocycles. The van der Waals surface area contributed by atoms with Gasteiger partial charge in [-0.25, -0.2) is 0 Å². The van der Waals surface area contributed by atoms with Crippen LogP contribution in [0.5, 0.6) is 0 Å². The van der Waals surface area contributed by atoms with Gasteiger partial charge in [0.15, 0.2) is 0 Å². The van der Waals surface area contributed by atoms with Gasteiger partial charge in [0, 0.05) is 47.1 Å². The number of rotatable bonds is 6. The molecule has 184 valence electrons. The maximum Gasteiger partial charge on any atom is 0.251 e. The van der Waals surface area contributed by atoms with Gasteiger partial charge in [0.05, 0.1) is 5.60 Å². The van der Waals surface area contributed by atoms with Crippen LogP contribution in [-0.2, 0) is 10.4 Å². The minimum absolute atomic E-state index is 0.0652. The molecule has 35 heavy (non-hydrogen) atoms. The summed E-state index contributed by atoms with van der Waals surface area (Å²) in [6, 6.07) is 13.8. The zero-order valence-corrected chi connectivity index (χ0v) is 20.7. The number of nitrogens with zero attached hydrogens (tertiary/aromatic N) is 4. The van der Waals surface area contributed by atoms with Crippen LogP contribution in [0.2, 0.25) is 5.02 Å². The third kappa shape index (κ3) is 5.21. The molecule has 0 unspecified atom stereocenters. The first-order chi connectivity index (χ1) is 16.6. The molecule has 0 bridgehead atoms. The fourth-order valence-electron chi connectivity index (χ4n) is 4.63. The Hall–Kier alpha value is -3.30. The van der Waals surface area contributed by atoms with Crippen LogP contribution in [0.15, 0.2) is 48.5 Å². The van der Waals surface area contributed by atoms with Crippen molar-refractivity contribution < 1.29 is 14.7 Å². The van der Waals surface area contributed by atoms with Crippen molar-refractivity contribution in [3.05, 3.63) is 64.7 Å². The summed E-state index contributed by atoms with van der Waals surface area (Å²) in [5, 5.41) is 28.8. The minimum atomic E-state index is -1.07. The fourth-order valence-corrected chi connectivity index (χ4v) is 4.75. The smallest absolute Gasteiger partial charge is 0.251 e. The Bertz CT molecular complexity index is 1200. The van der Waals surface area contributed by atoms with Crippen LogP contribution in [0.4, 0.5) is 0 Å². The second kappa shape index (κ2) is 9.75. The van der Waals surface area contributed by atoms with Crippen LogP contribution in [-0.4, -0.2) is 61.6 Å². The number of hydrogen-bond donors (Lipinski definition) is 3. The third-order valence-electron chi connectivity index (χ3n) is 6.71. The number of H-pyrrole nitrogens is 1. The molecule has 0 saturated carbocycles. The lowest BCUT2D eigenvalue weighted by Crippen LogP contribution is -2.57. The Morgan fingerprint density at radius 1 is 1.23 bits per heavy atom. The van der Waals surface area contributed by atoms with Gasteiger partial charge in [0.2, 0.25) is 11.7 Å². The van der Waals surface area contributed by atoms with E-state index in [0.29, 0.717) is 41.5 Å². The van der Waals surface area contributed by atoms with Crippen LogP contribution in [0.25, 0.3) is 11.4 Å². The summed E-state index contributed by atoms with van der Waals surface area (Å²) in [5.41, 5.74) is 0.259. The predicted molar refractivity (Wildman–Crippen MR) is 131 cm³/mol. The third-order valence-corrected chi connectivity index (χ3v) is 6.96. The molecule has 3 N–H and O–H groups in total. The van der Waals surface area contributed by atoms with Gasteiger partial charge in [0.1, 0.15) is 0 Å². The summed E-state index contributed by atoms with van der Waals surface area (Å²) in [6.07, 6.45) is 0.572. The largest absolute Gasteiger partial charge is 0.384 e. The second-order valence-corrected chi connectivity index (χ2v) is 10.1. The first kappa shape index (κ1) is 24.8. The van der Waals surface area contributed by atoms with Crippen molar-refractivity contribution in [2.24, 2.45) is 5.41 Å². The number of tetrazole rings is 1. The number of aliphatic hydroxyl groups is 1. The van der Waals surface area contributed by atoms with E-state index in [-0.39, 0.29) is 24.3 Å². The molecule has 10 heteroatoms. The standard InChI is InChI=1S/C25H29ClN6O3/c1-16(27-23(34)18-6-4-5-17(14-18)22-28-30-31-29-22)13-21(33)32-12-11-25(35,24(2,3)15-32)19-7-9-20(26)10-8-19/h4-10,14,16,35H,11-13,15H2,1-3H3,(H,27,34)(H,28,29,30,31)/t16-,25+/m1/s1. The van der Waals surface area contributed by atoms with E-state index >= 15 is 0 Å². The number of carbonyl (C=O) groups is 2. The molecule has 2 aromatic carbocycles. The molecule has 0 aliphatic carbocycles. The Balaban J connectivity index is 1.36. The van der Waals surface area contributed by atoms with E-state index in [1.54, 1.807) is 48.2 Å². The average molecular weight is 497 g/mol. The predicted octanol–water partition coefficient (Wildman–Crippen LogP) is 3.17. The molecule has 4 rings (SSSR count). The molecule has 1 saturated heterocycles. The number of piperidine rings is 1. The molecule has 1 aromatic heterocycles. The molecule has 1 fully saturated rings. The molecule has 1 aliphatic rings. The summed E-state index contributed by atoms with van der Waals surface area (Å²) < 4.78 is 0. The number of amides is 2. The van der Waals surface area contributed by atoms with E-state index in [0.717, 1.165) is 5.56 Å². The highest BCUT2D eigenvalue weighted by Crippen LogP contribution is 2.46. The highest BCUT2D eigenvalue weighted by molar-refractivity contribution is 6.30. The topological polar surface area (TPSA) is 124 Å². The molecule has 3 aromatic rings. The van der Waals surface area contributed by atoms with Crippen molar-refractivity contribution in [3.8, 4) is 11.4 Å². The zero-order chi connectivity index (χ0) is 25.2. The first-order valence-corrected chi connectivity index (χ1v) is 11.9. The van der Waals surface area contributed by atoms with E-state index in [1.165, 1.54) is 0 Å². The Morgan fingerprint density at radius 2 is 1.97 bits per heavy atom. The highest BCUT2D eigenvalue weighted by Gasteiger charge is 2.49. The molecule has 1 aliphatic heterocycles. The van der Waals surface area contributed by atoms with E-state index in [2.05, 4.69) is 25.9 Å². The molecule has 2 amide bonds. The number of likely N-dealkylation sites (tertiary alicyclic amines) is 1. The van der Waals surface area contributed by atoms with Crippen LogP contribution >= 0.6 is 11.6 Å². The van der Waals surface area contributed by atoms with Crippen LogP contribution in [0.1, 0.15) is 49.5 Å². The molecule has 0 radical (unpaired) electrons. The number of aromatic nitrogens is 4. The SMILES string of the molecule is C[C@H](CC(=O)N1CC[C@](O)(c2ccc(Cl)cc2)C(C)(C)C1)NC(=O)c1cccc(-c2nn[nH]n2)c1. The fraction of sp³-hybridized carbons (Fsp3) is 0.400. The molecular weight excluding hydrogens is 468 g/mol. The van der Waals surface area contributed by atoms with Gasteiger partial charge in [-0.3, -0.25) is 9.59 Å². The zero-order valence-electron chi connectivity index (χ0n) is 20.0. The Labute approximate surface area is 208 Å². The lowest BCUT2D eigenvalue weighted by atomic mass is 9.66. The number of aromatic amines is 1. The van der Waals surface area contributed by atoms with Gasteiger partial charge in [-0.1, -0.05) is 49.7 Å². The Kier molecular flexibility index (Phi) is 6.91. The van der Waals surface area contributed by atoms with E-state index in [4.69, 9.17) is 11.6 Å². The summed E-state index contributed by atoms with van der Waals surface area (Å²) in [6.45, 7) is 6.55. The molecule has 9 nitrogen and oxygen atoms in total. The van der Waals surface area contributed by atoms with Crippen LogP contribution in [0.3, 0.4) is 0 Å². The molecular formula is C25H29ClN6O3. The van der Waals surface area contributed by atoms with Gasteiger partial charge in [-0.2, -0.15) is 5.21 Å². The first-order valence-electron chi connectivity index (χ1n) is 11.5. The van der Waals surface area contributed by atoms with Crippen molar-refractivity contribution in [1.82, 2.24) is 30.8 Å². The van der Waals surface area contributed by atoms with Crippen molar-refractivity contribution in [2.45, 2.75) is 45.3 Å².